The van der Waals surface area contributed by atoms with Gasteiger partial charge in [0.05, 0.1) is 22.2 Å². The summed E-state index contributed by atoms with van der Waals surface area (Å²) in [6.45, 7) is 3.79. The van der Waals surface area contributed by atoms with Gasteiger partial charge in [0.1, 0.15) is 0 Å². The van der Waals surface area contributed by atoms with Crippen molar-refractivity contribution in [3.63, 3.8) is 0 Å². The zero-order chi connectivity index (χ0) is 18.0. The Kier molecular flexibility index (Phi) is 4.31. The summed E-state index contributed by atoms with van der Waals surface area (Å²) in [5.74, 6) is -0.324. The molecule has 1 N–H and O–H groups in total. The molecule has 3 aromatic rings. The van der Waals surface area contributed by atoms with Crippen LogP contribution in [-0.4, -0.2) is 15.5 Å². The van der Waals surface area contributed by atoms with Crippen LogP contribution in [0.2, 0.25) is 0 Å². The molecule has 0 saturated carbocycles. The van der Waals surface area contributed by atoms with Crippen LogP contribution in [-0.2, 0) is 12.7 Å². The zero-order valence-corrected chi connectivity index (χ0v) is 13.0. The fourth-order valence-electron chi connectivity index (χ4n) is 2.61. The summed E-state index contributed by atoms with van der Waals surface area (Å²) in [7, 11) is 0. The van der Waals surface area contributed by atoms with Gasteiger partial charge in [-0.2, -0.15) is 13.2 Å². The number of carbonyl (C=O) groups excluding carboxylic acids is 1. The van der Waals surface area contributed by atoms with Crippen molar-refractivity contribution in [1.29, 1.82) is 0 Å². The first-order valence-corrected chi connectivity index (χ1v) is 7.42. The molecule has 0 aliphatic carbocycles. The fourth-order valence-corrected chi connectivity index (χ4v) is 2.61. The molecule has 0 radical (unpaired) electrons. The molecular formula is C18H14F3N3O. The lowest BCUT2D eigenvalue weighted by Crippen LogP contribution is -2.18. The second kappa shape index (κ2) is 6.43. The number of hydrogen-bond acceptors (Lipinski definition) is 2. The van der Waals surface area contributed by atoms with Crippen molar-refractivity contribution in [2.24, 2.45) is 0 Å². The third kappa shape index (κ3) is 3.40. The van der Waals surface area contributed by atoms with E-state index in [1.54, 1.807) is 22.9 Å². The summed E-state index contributed by atoms with van der Waals surface area (Å²) in [5.41, 5.74) is 1.65. The number of benzene rings is 1. The Hall–Kier alpha value is -3.09. The molecule has 0 aliphatic rings. The van der Waals surface area contributed by atoms with E-state index in [9.17, 15) is 18.0 Å². The van der Waals surface area contributed by atoms with Crippen LogP contribution >= 0.6 is 0 Å². The summed E-state index contributed by atoms with van der Waals surface area (Å²) in [6.07, 6.45) is 0.207. The number of halogens is 3. The van der Waals surface area contributed by atoms with Crippen molar-refractivity contribution in [1.82, 2.24) is 14.9 Å². The molecule has 25 heavy (non-hydrogen) atoms. The van der Waals surface area contributed by atoms with Gasteiger partial charge in [-0.1, -0.05) is 18.7 Å². The minimum absolute atomic E-state index is 0.321. The maximum atomic E-state index is 12.7. The van der Waals surface area contributed by atoms with E-state index in [0.717, 1.165) is 12.1 Å². The van der Waals surface area contributed by atoms with E-state index in [2.05, 4.69) is 16.9 Å². The monoisotopic (exact) mass is 345 g/mol. The predicted octanol–water partition coefficient (Wildman–Crippen LogP) is 3.98. The molecule has 1 amide bonds. The van der Waals surface area contributed by atoms with E-state index in [0.29, 0.717) is 28.7 Å². The Labute approximate surface area is 141 Å². The smallest absolute Gasteiger partial charge is 0.341 e. The van der Waals surface area contributed by atoms with Crippen LogP contribution in [0.5, 0.6) is 0 Å². The number of fused-ring (bicyclic) bond motifs is 1. The van der Waals surface area contributed by atoms with Gasteiger partial charge in [-0.05, 0) is 36.0 Å². The second-order valence-corrected chi connectivity index (χ2v) is 5.41. The number of carbonyl (C=O) groups is 1. The molecule has 7 heteroatoms. The van der Waals surface area contributed by atoms with Gasteiger partial charge in [-0.25, -0.2) is 0 Å². The van der Waals surface area contributed by atoms with Crippen LogP contribution in [0.15, 0.2) is 61.6 Å². The molecule has 0 unspecified atom stereocenters. The van der Waals surface area contributed by atoms with Crippen LogP contribution < -0.4 is 5.32 Å². The molecule has 2 heterocycles. The van der Waals surface area contributed by atoms with Crippen molar-refractivity contribution < 1.29 is 18.0 Å². The van der Waals surface area contributed by atoms with Crippen LogP contribution in [0.25, 0.3) is 11.0 Å². The molecule has 2 aromatic heterocycles. The molecule has 0 spiro atoms. The molecule has 0 aliphatic heterocycles. The van der Waals surface area contributed by atoms with Gasteiger partial charge in [-0.15, -0.1) is 0 Å². The van der Waals surface area contributed by atoms with E-state index in [1.165, 1.54) is 24.5 Å². The first-order chi connectivity index (χ1) is 11.9. The number of alkyl halides is 3. The van der Waals surface area contributed by atoms with Crippen molar-refractivity contribution in [2.45, 2.75) is 12.7 Å². The molecule has 0 saturated heterocycles. The number of nitrogens with zero attached hydrogens (tertiary/aromatic N) is 2. The first kappa shape index (κ1) is 16.8. The number of aromatic nitrogens is 2. The number of nitrogens with one attached hydrogen (secondary N) is 1. The average Bonchev–Trinajstić information content (AvgIpc) is 2.98. The summed E-state index contributed by atoms with van der Waals surface area (Å²) in [6, 6.07) is 8.28. The Morgan fingerprint density at radius 1 is 1.20 bits per heavy atom. The third-order valence-corrected chi connectivity index (χ3v) is 3.76. The molecule has 3 rings (SSSR count). The van der Waals surface area contributed by atoms with E-state index in [-0.39, 0.29) is 5.91 Å². The number of pyridine rings is 1. The highest BCUT2D eigenvalue weighted by molar-refractivity contribution is 6.05. The first-order valence-electron chi connectivity index (χ1n) is 7.42. The molecule has 0 fully saturated rings. The van der Waals surface area contributed by atoms with Gasteiger partial charge >= 0.3 is 6.18 Å². The number of amides is 1. The van der Waals surface area contributed by atoms with Crippen molar-refractivity contribution >= 4 is 16.9 Å². The minimum atomic E-state index is -4.36. The van der Waals surface area contributed by atoms with Gasteiger partial charge in [0.15, 0.2) is 0 Å². The third-order valence-electron chi connectivity index (χ3n) is 3.76. The Morgan fingerprint density at radius 3 is 2.56 bits per heavy atom. The van der Waals surface area contributed by atoms with Crippen LogP contribution in [0.1, 0.15) is 21.5 Å². The van der Waals surface area contributed by atoms with Crippen LogP contribution in [0.3, 0.4) is 0 Å². The highest BCUT2D eigenvalue weighted by Crippen LogP contribution is 2.29. The van der Waals surface area contributed by atoms with Gasteiger partial charge in [0.25, 0.3) is 5.91 Å². The molecular weight excluding hydrogens is 331 g/mol. The van der Waals surface area contributed by atoms with Crippen molar-refractivity contribution in [3.05, 3.63) is 78.3 Å². The normalized spacial score (nSPS) is 11.5. The van der Waals surface area contributed by atoms with E-state index in [4.69, 9.17) is 0 Å². The van der Waals surface area contributed by atoms with Crippen molar-refractivity contribution in [2.75, 3.05) is 0 Å². The lowest BCUT2D eigenvalue weighted by molar-refractivity contribution is -0.137. The Balaban J connectivity index is 1.97. The number of rotatable bonds is 4. The topological polar surface area (TPSA) is 46.9 Å². The summed E-state index contributed by atoms with van der Waals surface area (Å²) in [5, 5.41) is 2.52. The van der Waals surface area contributed by atoms with E-state index in [1.807, 2.05) is 0 Å². The lowest BCUT2D eigenvalue weighted by Gasteiger charge is -2.11. The highest BCUT2D eigenvalue weighted by atomic mass is 19.4. The van der Waals surface area contributed by atoms with Gasteiger partial charge in [-0.3, -0.25) is 9.78 Å². The maximum Gasteiger partial charge on any atom is 0.416 e. The quantitative estimate of drug-likeness (QED) is 0.778. The Morgan fingerprint density at radius 2 is 1.92 bits per heavy atom. The zero-order valence-electron chi connectivity index (χ0n) is 13.0. The van der Waals surface area contributed by atoms with Crippen molar-refractivity contribution in [3.8, 4) is 0 Å². The Bertz CT molecular complexity index is 927. The van der Waals surface area contributed by atoms with E-state index < -0.39 is 11.7 Å². The predicted molar refractivity (Wildman–Crippen MR) is 87.9 cm³/mol. The average molecular weight is 345 g/mol. The van der Waals surface area contributed by atoms with Crippen LogP contribution in [0, 0.1) is 0 Å². The van der Waals surface area contributed by atoms with Gasteiger partial charge < -0.3 is 9.88 Å². The summed E-state index contributed by atoms with van der Waals surface area (Å²) < 4.78 is 39.7. The van der Waals surface area contributed by atoms with Crippen LogP contribution in [0.4, 0.5) is 13.2 Å². The molecule has 0 bridgehead atoms. The summed E-state index contributed by atoms with van der Waals surface area (Å²) >= 11 is 0. The largest absolute Gasteiger partial charge is 0.416 e. The molecule has 128 valence electrons. The van der Waals surface area contributed by atoms with Gasteiger partial charge in [0.2, 0.25) is 0 Å². The van der Waals surface area contributed by atoms with Gasteiger partial charge in [0, 0.05) is 18.9 Å². The second-order valence-electron chi connectivity index (χ2n) is 5.41. The lowest BCUT2D eigenvalue weighted by atomic mass is 10.1. The minimum Gasteiger partial charge on any atom is -0.341 e. The highest BCUT2D eigenvalue weighted by Gasteiger charge is 2.29. The SMILES string of the molecule is C=CNC(=O)c1ccnc2ccn(Cc3ccc(C(F)(F)F)cc3)c12. The molecule has 0 atom stereocenters. The van der Waals surface area contributed by atoms with E-state index >= 15 is 0 Å². The molecule has 1 aromatic carbocycles. The summed E-state index contributed by atoms with van der Waals surface area (Å²) in [4.78, 5) is 16.4. The maximum absolute atomic E-state index is 12.7. The number of hydrogen-bond donors (Lipinski definition) is 1. The molecule has 4 nitrogen and oxygen atoms in total. The standard InChI is InChI=1S/C18H14F3N3O/c1-2-22-17(25)14-7-9-23-15-8-10-24(16(14)15)11-12-3-5-13(6-4-12)18(19,20)21/h2-10H,1,11H2,(H,22,25). The fraction of sp³-hybridized carbons (Fsp3) is 0.111.